The normalized spacial score (nSPS) is 15.7. The van der Waals surface area contributed by atoms with E-state index in [1.165, 1.54) is 6.92 Å². The quantitative estimate of drug-likeness (QED) is 0.715. The Labute approximate surface area is 178 Å². The van der Waals surface area contributed by atoms with E-state index in [0.29, 0.717) is 18.7 Å². The minimum Gasteiger partial charge on any atom is -0.507 e. The maximum Gasteiger partial charge on any atom is 0.324 e. The van der Waals surface area contributed by atoms with Crippen LogP contribution in [0.25, 0.3) is 0 Å². The van der Waals surface area contributed by atoms with Crippen molar-refractivity contribution >= 4 is 17.9 Å². The number of ether oxygens (including phenoxy) is 1. The van der Waals surface area contributed by atoms with E-state index in [1.807, 2.05) is 53.7 Å². The summed E-state index contributed by atoms with van der Waals surface area (Å²) in [6, 6.07) is 3.40. The summed E-state index contributed by atoms with van der Waals surface area (Å²) in [5, 5.41) is 13.4. The number of phenols is 1. The molecule has 0 unspecified atom stereocenters. The van der Waals surface area contributed by atoms with Crippen LogP contribution >= 0.6 is 0 Å². The van der Waals surface area contributed by atoms with E-state index >= 15 is 0 Å². The van der Waals surface area contributed by atoms with E-state index in [2.05, 4.69) is 5.32 Å². The predicted octanol–water partition coefficient (Wildman–Crippen LogP) is 3.40. The molecule has 1 heterocycles. The van der Waals surface area contributed by atoms with E-state index < -0.39 is 24.0 Å². The van der Waals surface area contributed by atoms with E-state index in [9.17, 15) is 19.5 Å². The number of aromatic hydroxyl groups is 1. The molecule has 1 atom stereocenters. The van der Waals surface area contributed by atoms with Crippen molar-refractivity contribution < 1.29 is 24.2 Å². The van der Waals surface area contributed by atoms with Gasteiger partial charge in [-0.1, -0.05) is 53.7 Å². The number of nitrogens with zero attached hydrogens (tertiary/aromatic N) is 1. The van der Waals surface area contributed by atoms with Gasteiger partial charge in [-0.05, 0) is 40.9 Å². The number of imide groups is 1. The first-order chi connectivity index (χ1) is 13.7. The zero-order valence-corrected chi connectivity index (χ0v) is 19.1. The molecule has 166 valence electrons. The van der Waals surface area contributed by atoms with E-state index in [0.717, 1.165) is 21.6 Å². The molecule has 2 rings (SSSR count). The van der Waals surface area contributed by atoms with Gasteiger partial charge in [0, 0.05) is 19.5 Å². The molecule has 0 bridgehead atoms. The predicted molar refractivity (Wildman–Crippen MR) is 114 cm³/mol. The zero-order chi connectivity index (χ0) is 22.9. The minimum absolute atomic E-state index is 0.0990. The average Bonchev–Trinajstić information content (AvgIpc) is 3.03. The third-order valence-corrected chi connectivity index (χ3v) is 5.18. The van der Waals surface area contributed by atoms with Gasteiger partial charge >= 0.3 is 12.0 Å². The van der Waals surface area contributed by atoms with Crippen LogP contribution in [0.15, 0.2) is 12.1 Å². The highest BCUT2D eigenvalue weighted by Crippen LogP contribution is 2.40. The van der Waals surface area contributed by atoms with Crippen LogP contribution in [0.5, 0.6) is 5.75 Å². The lowest BCUT2D eigenvalue weighted by Gasteiger charge is -2.28. The molecule has 0 spiro atoms. The van der Waals surface area contributed by atoms with Crippen LogP contribution < -0.4 is 5.32 Å². The highest BCUT2D eigenvalue weighted by atomic mass is 16.5. The summed E-state index contributed by atoms with van der Waals surface area (Å²) in [5.41, 5.74) is 2.09. The van der Waals surface area contributed by atoms with E-state index in [4.69, 9.17) is 4.74 Å². The Balaban J connectivity index is 2.10. The van der Waals surface area contributed by atoms with E-state index in [1.54, 1.807) is 0 Å². The third-order valence-electron chi connectivity index (χ3n) is 5.18. The summed E-state index contributed by atoms with van der Waals surface area (Å²) in [5.74, 6) is -0.726. The summed E-state index contributed by atoms with van der Waals surface area (Å²) >= 11 is 0. The lowest BCUT2D eigenvalue weighted by Crippen LogP contribution is -2.41. The summed E-state index contributed by atoms with van der Waals surface area (Å²) in [6.07, 6.45) is -0.491. The molecular formula is C23H34N2O5. The molecule has 7 nitrogen and oxygen atoms in total. The first-order valence-corrected chi connectivity index (χ1v) is 10.4. The number of hydrogen-bond donors (Lipinski definition) is 2. The van der Waals surface area contributed by atoms with Gasteiger partial charge in [0.05, 0.1) is 0 Å². The van der Waals surface area contributed by atoms with E-state index in [-0.39, 0.29) is 23.8 Å². The summed E-state index contributed by atoms with van der Waals surface area (Å²) in [4.78, 5) is 37.3. The molecule has 7 heteroatoms. The zero-order valence-electron chi connectivity index (χ0n) is 19.1. The molecule has 2 N–H and O–H groups in total. The van der Waals surface area contributed by atoms with Gasteiger partial charge in [-0.15, -0.1) is 0 Å². The molecule has 0 radical (unpaired) electrons. The molecule has 3 amide bonds. The lowest BCUT2D eigenvalue weighted by atomic mass is 9.78. The van der Waals surface area contributed by atoms with Crippen LogP contribution in [0.2, 0.25) is 0 Å². The van der Waals surface area contributed by atoms with Crippen molar-refractivity contribution in [1.82, 2.24) is 10.2 Å². The van der Waals surface area contributed by atoms with Gasteiger partial charge in [-0.25, -0.2) is 4.79 Å². The number of carbonyl (C=O) groups is 3. The van der Waals surface area contributed by atoms with Crippen molar-refractivity contribution in [2.45, 2.75) is 78.2 Å². The monoisotopic (exact) mass is 418 g/mol. The largest absolute Gasteiger partial charge is 0.507 e. The number of rotatable bonds is 5. The summed E-state index contributed by atoms with van der Waals surface area (Å²) in [6.45, 7) is 14.4. The maximum atomic E-state index is 12.3. The highest BCUT2D eigenvalue weighted by molar-refractivity contribution is 5.98. The third kappa shape index (κ3) is 5.52. The molecule has 0 saturated carbocycles. The Bertz CT molecular complexity index is 798. The van der Waals surface area contributed by atoms with Crippen molar-refractivity contribution in [3.63, 3.8) is 0 Å². The van der Waals surface area contributed by atoms with Crippen molar-refractivity contribution in [2.24, 2.45) is 0 Å². The number of amides is 3. The molecule has 1 fully saturated rings. The van der Waals surface area contributed by atoms with Crippen LogP contribution in [0, 0.1) is 0 Å². The van der Waals surface area contributed by atoms with Gasteiger partial charge in [0.25, 0.3) is 5.91 Å². The fourth-order valence-corrected chi connectivity index (χ4v) is 3.44. The summed E-state index contributed by atoms with van der Waals surface area (Å²) < 4.78 is 5.25. The van der Waals surface area contributed by atoms with Crippen molar-refractivity contribution in [3.8, 4) is 5.75 Å². The molecule has 1 aromatic carbocycles. The van der Waals surface area contributed by atoms with Crippen LogP contribution in [0.1, 0.15) is 71.6 Å². The second kappa shape index (κ2) is 8.66. The first-order valence-electron chi connectivity index (χ1n) is 10.4. The van der Waals surface area contributed by atoms with Gasteiger partial charge in [0.2, 0.25) is 0 Å². The number of carbonyl (C=O) groups excluding carboxylic acids is 3. The topological polar surface area (TPSA) is 95.9 Å². The van der Waals surface area contributed by atoms with Crippen molar-refractivity contribution in [2.75, 3.05) is 13.1 Å². The van der Waals surface area contributed by atoms with Gasteiger partial charge in [0.1, 0.15) is 5.75 Å². The highest BCUT2D eigenvalue weighted by Gasteiger charge is 2.31. The molecule has 1 aliphatic rings. The Hall–Kier alpha value is -2.57. The summed E-state index contributed by atoms with van der Waals surface area (Å²) in [7, 11) is 0. The smallest absolute Gasteiger partial charge is 0.324 e. The van der Waals surface area contributed by atoms with Crippen LogP contribution in [-0.4, -0.2) is 47.1 Å². The van der Waals surface area contributed by atoms with Crippen molar-refractivity contribution in [3.05, 3.63) is 28.8 Å². The lowest BCUT2D eigenvalue weighted by molar-refractivity contribution is -0.157. The Morgan fingerprint density at radius 3 is 2.10 bits per heavy atom. The minimum atomic E-state index is -1.02. The van der Waals surface area contributed by atoms with Crippen LogP contribution in [0.4, 0.5) is 4.79 Å². The van der Waals surface area contributed by atoms with Gasteiger partial charge < -0.3 is 15.2 Å². The number of urea groups is 1. The van der Waals surface area contributed by atoms with Crippen LogP contribution in [-0.2, 0) is 31.6 Å². The van der Waals surface area contributed by atoms with Crippen molar-refractivity contribution in [1.29, 1.82) is 0 Å². The Kier molecular flexibility index (Phi) is 6.84. The van der Waals surface area contributed by atoms with Gasteiger partial charge in [-0.2, -0.15) is 0 Å². The molecule has 0 aliphatic carbocycles. The fraction of sp³-hybridized carbons (Fsp3) is 0.609. The van der Waals surface area contributed by atoms with Crippen LogP contribution in [0.3, 0.4) is 0 Å². The Morgan fingerprint density at radius 2 is 1.67 bits per heavy atom. The number of phenolic OH excluding ortho intramolecular Hbond substituents is 1. The first kappa shape index (κ1) is 23.7. The number of hydrogen-bond acceptors (Lipinski definition) is 5. The fourth-order valence-electron chi connectivity index (χ4n) is 3.44. The molecule has 1 aromatic rings. The number of nitrogens with one attached hydrogen (secondary N) is 1. The molecule has 0 aromatic heterocycles. The Morgan fingerprint density at radius 1 is 1.13 bits per heavy atom. The second-order valence-corrected chi connectivity index (χ2v) is 9.89. The van der Waals surface area contributed by atoms with Gasteiger partial charge in [0.15, 0.2) is 6.10 Å². The molecule has 1 aliphatic heterocycles. The standard InChI is InChI=1S/C23H34N2O5/c1-14(20(28)25-11-10-24-21(25)29)30-18(26)9-8-15-12-16(22(2,3)4)19(27)17(13-15)23(5,6)7/h12-14,27H,8-11H2,1-7H3,(H,24,29)/t14-/m1/s1. The SMILES string of the molecule is C[C@@H](OC(=O)CCc1cc(C(C)(C)C)c(O)c(C(C)(C)C)c1)C(=O)N1CCNC1=O. The average molecular weight is 419 g/mol. The molecule has 30 heavy (non-hydrogen) atoms. The van der Waals surface area contributed by atoms with Gasteiger partial charge in [-0.3, -0.25) is 14.5 Å². The number of aryl methyl sites for hydroxylation is 1. The number of benzene rings is 1. The molecular weight excluding hydrogens is 384 g/mol. The number of esters is 1. The maximum absolute atomic E-state index is 12.3. The second-order valence-electron chi connectivity index (χ2n) is 9.89. The molecule has 1 saturated heterocycles.